The maximum atomic E-state index is 12.2. The van der Waals surface area contributed by atoms with E-state index in [-0.39, 0.29) is 21.7 Å². The third-order valence-corrected chi connectivity index (χ3v) is 5.59. The summed E-state index contributed by atoms with van der Waals surface area (Å²) in [6.07, 6.45) is 2.84. The van der Waals surface area contributed by atoms with Crippen LogP contribution in [0.4, 0.5) is 0 Å². The summed E-state index contributed by atoms with van der Waals surface area (Å²) in [4.78, 5) is 23.9. The van der Waals surface area contributed by atoms with Crippen LogP contribution in [0, 0.1) is 0 Å². The molecule has 1 saturated carbocycles. The van der Waals surface area contributed by atoms with Gasteiger partial charge in [0.2, 0.25) is 10.0 Å². The minimum Gasteiger partial charge on any atom is -0.449 e. The monoisotopic (exact) mass is 408 g/mol. The Hall–Kier alpha value is -1.35. The first-order valence-corrected chi connectivity index (χ1v) is 9.93. The van der Waals surface area contributed by atoms with Crippen molar-refractivity contribution >= 4 is 45.1 Å². The molecule has 138 valence electrons. The first kappa shape index (κ1) is 20.0. The summed E-state index contributed by atoms with van der Waals surface area (Å²) in [5.41, 5.74) is -0.240. The molecule has 1 amide bonds. The van der Waals surface area contributed by atoms with Crippen LogP contribution in [-0.2, 0) is 19.6 Å². The number of halogens is 2. The molecule has 1 aromatic carbocycles. The lowest BCUT2D eigenvalue weighted by Crippen LogP contribution is -2.40. The van der Waals surface area contributed by atoms with Gasteiger partial charge in [0.15, 0.2) is 6.10 Å². The van der Waals surface area contributed by atoms with Crippen LogP contribution < -0.4 is 10.5 Å². The molecule has 1 aliphatic carbocycles. The van der Waals surface area contributed by atoms with Crippen molar-refractivity contribution in [2.24, 2.45) is 5.14 Å². The van der Waals surface area contributed by atoms with Crippen LogP contribution in [0.2, 0.25) is 10.0 Å². The number of amides is 1. The van der Waals surface area contributed by atoms with E-state index in [9.17, 15) is 18.0 Å². The smallest absolute Gasteiger partial charge is 0.340 e. The fourth-order valence-electron chi connectivity index (χ4n) is 2.57. The highest BCUT2D eigenvalue weighted by Crippen LogP contribution is 2.28. The molecule has 10 heteroatoms. The largest absolute Gasteiger partial charge is 0.449 e. The second-order valence-electron chi connectivity index (χ2n) is 5.84. The van der Waals surface area contributed by atoms with Crippen LogP contribution in [0.3, 0.4) is 0 Å². The average Bonchev–Trinajstić information content (AvgIpc) is 2.98. The zero-order chi connectivity index (χ0) is 18.8. The van der Waals surface area contributed by atoms with Gasteiger partial charge in [-0.2, -0.15) is 0 Å². The summed E-state index contributed by atoms with van der Waals surface area (Å²) in [6, 6.07) is 2.11. The molecule has 1 fully saturated rings. The van der Waals surface area contributed by atoms with E-state index in [4.69, 9.17) is 33.1 Å². The minimum absolute atomic E-state index is 0.0850. The van der Waals surface area contributed by atoms with E-state index in [1.54, 1.807) is 0 Å². The molecule has 3 N–H and O–H groups in total. The molecule has 0 saturated heterocycles. The summed E-state index contributed by atoms with van der Waals surface area (Å²) in [6.45, 7) is 1.42. The molecule has 1 atom stereocenters. The van der Waals surface area contributed by atoms with Gasteiger partial charge >= 0.3 is 5.97 Å². The number of hydrogen-bond donors (Lipinski definition) is 2. The highest BCUT2D eigenvalue weighted by atomic mass is 35.5. The number of carbonyl (C=O) groups excluding carboxylic acids is 2. The van der Waals surface area contributed by atoms with Crippen LogP contribution in [0.5, 0.6) is 0 Å². The molecule has 7 nitrogen and oxygen atoms in total. The summed E-state index contributed by atoms with van der Waals surface area (Å²) in [7, 11) is -4.14. The summed E-state index contributed by atoms with van der Waals surface area (Å²) in [5, 5.41) is 7.54. The number of hydrogen-bond acceptors (Lipinski definition) is 5. The second-order valence-corrected chi connectivity index (χ2v) is 8.19. The first-order valence-electron chi connectivity index (χ1n) is 7.63. The summed E-state index contributed by atoms with van der Waals surface area (Å²) in [5.74, 6) is -1.36. The van der Waals surface area contributed by atoms with Crippen molar-refractivity contribution in [1.29, 1.82) is 0 Å². The van der Waals surface area contributed by atoms with Crippen LogP contribution >= 0.6 is 23.2 Å². The average molecular weight is 409 g/mol. The van der Waals surface area contributed by atoms with E-state index in [1.807, 2.05) is 0 Å². The second kappa shape index (κ2) is 7.90. The molecule has 0 bridgehead atoms. The zero-order valence-electron chi connectivity index (χ0n) is 13.4. The molecule has 0 radical (unpaired) electrons. The zero-order valence-corrected chi connectivity index (χ0v) is 15.7. The number of nitrogens with one attached hydrogen (secondary N) is 1. The summed E-state index contributed by atoms with van der Waals surface area (Å²) >= 11 is 11.7. The van der Waals surface area contributed by atoms with Crippen LogP contribution in [0.25, 0.3) is 0 Å². The maximum Gasteiger partial charge on any atom is 0.340 e. The van der Waals surface area contributed by atoms with Crippen LogP contribution in [0.15, 0.2) is 17.0 Å². The van der Waals surface area contributed by atoms with E-state index in [2.05, 4.69) is 5.32 Å². The maximum absolute atomic E-state index is 12.2. The Balaban J connectivity index is 2.13. The van der Waals surface area contributed by atoms with Crippen molar-refractivity contribution < 1.29 is 22.7 Å². The summed E-state index contributed by atoms with van der Waals surface area (Å²) < 4.78 is 28.1. The van der Waals surface area contributed by atoms with Crippen molar-refractivity contribution in [2.75, 3.05) is 0 Å². The fraction of sp³-hybridized carbons (Fsp3) is 0.467. The molecule has 0 unspecified atom stereocenters. The Morgan fingerprint density at radius 2 is 1.84 bits per heavy atom. The lowest BCUT2D eigenvalue weighted by atomic mass is 10.2. The van der Waals surface area contributed by atoms with E-state index in [1.165, 1.54) is 6.92 Å². The number of carbonyl (C=O) groups is 2. The quantitative estimate of drug-likeness (QED) is 0.724. The van der Waals surface area contributed by atoms with Gasteiger partial charge in [-0.15, -0.1) is 0 Å². The normalized spacial score (nSPS) is 16.5. The Morgan fingerprint density at radius 1 is 1.24 bits per heavy atom. The predicted octanol–water partition coefficient (Wildman–Crippen LogP) is 2.24. The van der Waals surface area contributed by atoms with E-state index < -0.39 is 32.9 Å². The highest BCUT2D eigenvalue weighted by molar-refractivity contribution is 7.89. The third kappa shape index (κ3) is 5.07. The molecule has 2 rings (SSSR count). The molecular formula is C15H18Cl2N2O5S. The van der Waals surface area contributed by atoms with Gasteiger partial charge in [0.1, 0.15) is 4.90 Å². The van der Waals surface area contributed by atoms with E-state index in [0.29, 0.717) is 0 Å². The number of sulfonamides is 1. The Morgan fingerprint density at radius 3 is 2.40 bits per heavy atom. The van der Waals surface area contributed by atoms with Crippen molar-refractivity contribution in [3.05, 3.63) is 27.7 Å². The fourth-order valence-corrected chi connectivity index (χ4v) is 3.97. The molecule has 0 aliphatic heterocycles. The molecule has 0 aromatic heterocycles. The van der Waals surface area contributed by atoms with Crippen molar-refractivity contribution in [2.45, 2.75) is 49.6 Å². The highest BCUT2D eigenvalue weighted by Gasteiger charge is 2.26. The van der Waals surface area contributed by atoms with Crippen molar-refractivity contribution in [1.82, 2.24) is 5.32 Å². The van der Waals surface area contributed by atoms with E-state index in [0.717, 1.165) is 37.8 Å². The van der Waals surface area contributed by atoms with Crippen LogP contribution in [-0.4, -0.2) is 32.4 Å². The van der Waals surface area contributed by atoms with Gasteiger partial charge in [-0.25, -0.2) is 18.4 Å². The lowest BCUT2D eigenvalue weighted by molar-refractivity contribution is -0.129. The molecule has 25 heavy (non-hydrogen) atoms. The number of esters is 1. The molecule has 1 aromatic rings. The van der Waals surface area contributed by atoms with Crippen molar-refractivity contribution in [3.63, 3.8) is 0 Å². The van der Waals surface area contributed by atoms with Gasteiger partial charge in [0, 0.05) is 6.04 Å². The number of primary sulfonamides is 1. The van der Waals surface area contributed by atoms with Gasteiger partial charge in [0.05, 0.1) is 15.6 Å². The van der Waals surface area contributed by atoms with Crippen molar-refractivity contribution in [3.8, 4) is 0 Å². The van der Waals surface area contributed by atoms with Gasteiger partial charge < -0.3 is 10.1 Å². The Kier molecular flexibility index (Phi) is 6.31. The molecule has 1 aliphatic rings. The molecule has 0 spiro atoms. The third-order valence-electron chi connectivity index (χ3n) is 3.90. The predicted molar refractivity (Wildman–Crippen MR) is 93.1 cm³/mol. The van der Waals surface area contributed by atoms with E-state index >= 15 is 0 Å². The van der Waals surface area contributed by atoms with Gasteiger partial charge in [-0.3, -0.25) is 4.79 Å². The SMILES string of the molecule is C[C@H](OC(=O)c1cc(S(N)(=O)=O)c(Cl)cc1Cl)C(=O)NC1CCCC1. The Labute approximate surface area is 155 Å². The lowest BCUT2D eigenvalue weighted by Gasteiger charge is -2.17. The molecular weight excluding hydrogens is 391 g/mol. The molecule has 0 heterocycles. The standard InChI is InChI=1S/C15H18Cl2N2O5S/c1-8(14(20)19-9-4-2-3-5-9)24-15(21)10-6-13(25(18,22)23)12(17)7-11(10)16/h6-9H,2-5H2,1H3,(H,19,20)(H2,18,22,23)/t8-/m0/s1. The van der Waals surface area contributed by atoms with Gasteiger partial charge in [0.25, 0.3) is 5.91 Å². The number of rotatable bonds is 5. The van der Waals surface area contributed by atoms with Gasteiger partial charge in [-0.1, -0.05) is 36.0 Å². The number of nitrogens with two attached hydrogens (primary N) is 1. The van der Waals surface area contributed by atoms with Crippen LogP contribution in [0.1, 0.15) is 43.0 Å². The Bertz CT molecular complexity index is 791. The minimum atomic E-state index is -4.14. The number of benzene rings is 1. The first-order chi connectivity index (χ1) is 11.6. The number of ether oxygens (including phenoxy) is 1. The topological polar surface area (TPSA) is 116 Å². The van der Waals surface area contributed by atoms with Gasteiger partial charge in [-0.05, 0) is 31.9 Å².